The first kappa shape index (κ1) is 30.9. The van der Waals surface area contributed by atoms with E-state index < -0.39 is 27.7 Å². The van der Waals surface area contributed by atoms with Crippen molar-refractivity contribution in [1.29, 1.82) is 0 Å². The van der Waals surface area contributed by atoms with E-state index in [-0.39, 0.29) is 22.9 Å². The summed E-state index contributed by atoms with van der Waals surface area (Å²) in [4.78, 5) is 25.7. The van der Waals surface area contributed by atoms with Gasteiger partial charge in [0.2, 0.25) is 15.9 Å². The van der Waals surface area contributed by atoms with Crippen LogP contribution in [0.3, 0.4) is 0 Å². The molecule has 2 N–H and O–H groups in total. The lowest BCUT2D eigenvalue weighted by Gasteiger charge is -2.25. The monoisotopic (exact) mass is 686 g/mol. The van der Waals surface area contributed by atoms with Crippen molar-refractivity contribution >= 4 is 55.2 Å². The Balaban J connectivity index is 1.28. The maximum Gasteiger partial charge on any atom is 0.251 e. The minimum Gasteiger partial charge on any atom is -0.345 e. The van der Waals surface area contributed by atoms with Gasteiger partial charge in [-0.3, -0.25) is 14.2 Å². The number of hydrogen-bond donors (Lipinski definition) is 2. The molecule has 1 aliphatic heterocycles. The van der Waals surface area contributed by atoms with E-state index in [4.69, 9.17) is 0 Å². The van der Waals surface area contributed by atoms with Crippen LogP contribution in [0, 0.1) is 5.82 Å². The second kappa shape index (κ2) is 13.8. The Bertz CT molecular complexity index is 1710. The Labute approximate surface area is 261 Å². The van der Waals surface area contributed by atoms with Gasteiger partial charge in [-0.1, -0.05) is 46.2 Å². The van der Waals surface area contributed by atoms with Crippen LogP contribution in [0.2, 0.25) is 0 Å². The second-order valence-electron chi connectivity index (χ2n) is 9.70. The number of rotatable bonds is 10. The van der Waals surface area contributed by atoms with Crippen LogP contribution < -0.4 is 10.6 Å². The van der Waals surface area contributed by atoms with E-state index in [1.807, 2.05) is 24.3 Å². The average Bonchev–Trinajstić information content (AvgIpc) is 3.43. The highest BCUT2D eigenvalue weighted by Crippen LogP contribution is 2.25. The summed E-state index contributed by atoms with van der Waals surface area (Å²) >= 11 is 4.54. The maximum atomic E-state index is 13.9. The molecule has 14 heteroatoms. The fourth-order valence-electron chi connectivity index (χ4n) is 4.53. The molecule has 0 aliphatic carbocycles. The number of sulfonamides is 1. The molecule has 2 amide bonds. The van der Waals surface area contributed by atoms with Crippen LogP contribution in [0.5, 0.6) is 0 Å². The van der Waals surface area contributed by atoms with Crippen LogP contribution in [0.4, 0.5) is 10.1 Å². The minimum atomic E-state index is -3.60. The van der Waals surface area contributed by atoms with E-state index in [1.54, 1.807) is 10.6 Å². The van der Waals surface area contributed by atoms with Crippen molar-refractivity contribution in [3.05, 3.63) is 94.5 Å². The van der Waals surface area contributed by atoms with Crippen molar-refractivity contribution in [2.24, 2.45) is 0 Å². The number of carbonyl (C=O) groups is 2. The summed E-state index contributed by atoms with van der Waals surface area (Å²) in [5, 5.41) is 14.2. The Morgan fingerprint density at radius 2 is 1.63 bits per heavy atom. The minimum absolute atomic E-state index is 0.0116. The van der Waals surface area contributed by atoms with E-state index in [9.17, 15) is 22.4 Å². The van der Waals surface area contributed by atoms with E-state index >= 15 is 0 Å². The predicted molar refractivity (Wildman–Crippen MR) is 165 cm³/mol. The number of aromatic nitrogens is 3. The standard InChI is InChI=1S/C29H28BrFN6O4S2/c30-21-10-12-22(13-11-21)37-26(34-35-29(37)42-19-27(38)33-25-7-3-2-6-24(25)31)18-32-28(39)20-8-14-23(15-9-20)43(40,41)36-16-4-1-5-17-36/h2-3,6-15H,1,4-5,16-19H2,(H,32,39)(H,33,38). The van der Waals surface area contributed by atoms with Crippen LogP contribution in [-0.4, -0.2) is 58.1 Å². The average molecular weight is 688 g/mol. The molecule has 0 radical (unpaired) electrons. The van der Waals surface area contributed by atoms with Crippen molar-refractivity contribution in [1.82, 2.24) is 24.4 Å². The largest absolute Gasteiger partial charge is 0.345 e. The van der Waals surface area contributed by atoms with Gasteiger partial charge in [0.05, 0.1) is 22.9 Å². The first-order valence-corrected chi connectivity index (χ1v) is 16.7. The molecular weight excluding hydrogens is 659 g/mol. The molecule has 1 saturated heterocycles. The zero-order valence-electron chi connectivity index (χ0n) is 22.9. The van der Waals surface area contributed by atoms with E-state index in [0.717, 1.165) is 35.5 Å². The zero-order chi connectivity index (χ0) is 30.4. The molecule has 0 atom stereocenters. The van der Waals surface area contributed by atoms with Crippen LogP contribution >= 0.6 is 27.7 Å². The highest BCUT2D eigenvalue weighted by molar-refractivity contribution is 9.10. The Kier molecular flexibility index (Phi) is 9.90. The molecule has 1 aromatic heterocycles. The van der Waals surface area contributed by atoms with Gasteiger partial charge in [-0.15, -0.1) is 10.2 Å². The number of carbonyl (C=O) groups excluding carboxylic acids is 2. The molecule has 2 heterocycles. The Hall–Kier alpha value is -3.59. The lowest BCUT2D eigenvalue weighted by atomic mass is 10.2. The summed E-state index contributed by atoms with van der Waals surface area (Å²) in [5.74, 6) is -0.999. The molecule has 0 bridgehead atoms. The first-order chi connectivity index (χ1) is 20.7. The van der Waals surface area contributed by atoms with Gasteiger partial charge >= 0.3 is 0 Å². The first-order valence-electron chi connectivity index (χ1n) is 13.5. The van der Waals surface area contributed by atoms with Crippen LogP contribution in [0.25, 0.3) is 5.69 Å². The topological polar surface area (TPSA) is 126 Å². The van der Waals surface area contributed by atoms with Crippen molar-refractivity contribution in [3.63, 3.8) is 0 Å². The third-order valence-corrected chi connectivity index (χ3v) is 10.1. The highest BCUT2D eigenvalue weighted by atomic mass is 79.9. The molecule has 1 fully saturated rings. The fraction of sp³-hybridized carbons (Fsp3) is 0.241. The van der Waals surface area contributed by atoms with Gasteiger partial charge < -0.3 is 10.6 Å². The summed E-state index contributed by atoms with van der Waals surface area (Å²) in [6, 6.07) is 19.1. The zero-order valence-corrected chi connectivity index (χ0v) is 26.1. The van der Waals surface area contributed by atoms with Gasteiger partial charge in [-0.2, -0.15) is 4.31 Å². The van der Waals surface area contributed by atoms with Gasteiger partial charge in [0, 0.05) is 28.8 Å². The van der Waals surface area contributed by atoms with Crippen molar-refractivity contribution < 1.29 is 22.4 Å². The molecule has 3 aromatic carbocycles. The Morgan fingerprint density at radius 1 is 0.930 bits per heavy atom. The van der Waals surface area contributed by atoms with Crippen LogP contribution in [-0.2, 0) is 21.4 Å². The summed E-state index contributed by atoms with van der Waals surface area (Å²) in [6.07, 6.45) is 2.70. The lowest BCUT2D eigenvalue weighted by molar-refractivity contribution is -0.113. The van der Waals surface area contributed by atoms with E-state index in [1.165, 1.54) is 46.8 Å². The normalized spacial score (nSPS) is 13.9. The van der Waals surface area contributed by atoms with Crippen molar-refractivity contribution in [2.45, 2.75) is 35.9 Å². The van der Waals surface area contributed by atoms with E-state index in [0.29, 0.717) is 35.3 Å². The molecular formula is C29H28BrFN6O4S2. The quantitative estimate of drug-likeness (QED) is 0.225. The van der Waals surface area contributed by atoms with Gasteiger partial charge in [0.1, 0.15) is 5.82 Å². The fourth-order valence-corrected chi connectivity index (χ4v) is 7.08. The molecule has 10 nitrogen and oxygen atoms in total. The summed E-state index contributed by atoms with van der Waals surface area (Å²) in [7, 11) is -3.60. The predicted octanol–water partition coefficient (Wildman–Crippen LogP) is 5.00. The number of benzene rings is 3. The third kappa shape index (κ3) is 7.50. The number of anilines is 1. The van der Waals surface area contributed by atoms with E-state index in [2.05, 4.69) is 36.8 Å². The van der Waals surface area contributed by atoms with Crippen molar-refractivity contribution in [2.75, 3.05) is 24.2 Å². The highest BCUT2D eigenvalue weighted by Gasteiger charge is 2.26. The number of halogens is 2. The van der Waals surface area contributed by atoms with Gasteiger partial charge in [-0.05, 0) is 73.5 Å². The SMILES string of the molecule is O=C(CSc1nnc(CNC(=O)c2ccc(S(=O)(=O)N3CCCCC3)cc2)n1-c1ccc(Br)cc1)Nc1ccccc1F. The third-order valence-electron chi connectivity index (χ3n) is 6.74. The number of piperidine rings is 1. The number of para-hydroxylation sites is 1. The molecule has 4 aromatic rings. The Morgan fingerprint density at radius 3 is 2.33 bits per heavy atom. The van der Waals surface area contributed by atoms with Crippen LogP contribution in [0.1, 0.15) is 35.4 Å². The van der Waals surface area contributed by atoms with Crippen LogP contribution in [0.15, 0.2) is 87.3 Å². The smallest absolute Gasteiger partial charge is 0.251 e. The summed E-state index contributed by atoms with van der Waals surface area (Å²) in [5.41, 5.74) is 1.09. The molecule has 0 unspecified atom stereocenters. The molecule has 224 valence electrons. The maximum absolute atomic E-state index is 13.9. The molecule has 1 aliphatic rings. The summed E-state index contributed by atoms with van der Waals surface area (Å²) < 4.78 is 43.9. The second-order valence-corrected chi connectivity index (χ2v) is 13.5. The lowest BCUT2D eigenvalue weighted by Crippen LogP contribution is -2.35. The van der Waals surface area contributed by atoms with Gasteiger partial charge in [-0.25, -0.2) is 12.8 Å². The van der Waals surface area contributed by atoms with Gasteiger partial charge in [0.15, 0.2) is 11.0 Å². The molecule has 43 heavy (non-hydrogen) atoms. The number of nitrogens with one attached hydrogen (secondary N) is 2. The number of hydrogen-bond acceptors (Lipinski definition) is 7. The molecule has 0 saturated carbocycles. The number of thioether (sulfide) groups is 1. The summed E-state index contributed by atoms with van der Waals surface area (Å²) in [6.45, 7) is 1.01. The number of amides is 2. The van der Waals surface area contributed by atoms with Crippen molar-refractivity contribution in [3.8, 4) is 5.69 Å². The van der Waals surface area contributed by atoms with Gasteiger partial charge in [0.25, 0.3) is 5.91 Å². The molecule has 5 rings (SSSR count). The molecule has 0 spiro atoms. The number of nitrogens with zero attached hydrogens (tertiary/aromatic N) is 4.